The Morgan fingerprint density at radius 1 is 0.969 bits per heavy atom. The van der Waals surface area contributed by atoms with Crippen LogP contribution >= 0.6 is 0 Å². The quantitative estimate of drug-likeness (QED) is 0.759. The van der Waals surface area contributed by atoms with E-state index in [1.807, 2.05) is 19.1 Å². The number of carbonyl (C=O) groups is 2. The van der Waals surface area contributed by atoms with E-state index in [0.717, 1.165) is 44.2 Å². The highest BCUT2D eigenvalue weighted by Gasteiger charge is 2.58. The van der Waals surface area contributed by atoms with Crippen LogP contribution in [0.5, 0.6) is 0 Å². The van der Waals surface area contributed by atoms with Crippen molar-refractivity contribution in [2.45, 2.75) is 62.9 Å². The molecule has 32 heavy (non-hydrogen) atoms. The summed E-state index contributed by atoms with van der Waals surface area (Å²) in [6, 6.07) is 12.8. The molecule has 0 aromatic carbocycles. The van der Waals surface area contributed by atoms with Gasteiger partial charge in [0.15, 0.2) is 0 Å². The van der Waals surface area contributed by atoms with Gasteiger partial charge >= 0.3 is 0 Å². The zero-order chi connectivity index (χ0) is 22.3. The molecule has 2 N–H and O–H groups in total. The Kier molecular flexibility index (Phi) is 4.96. The van der Waals surface area contributed by atoms with Crippen molar-refractivity contribution in [1.82, 2.24) is 20.6 Å². The molecule has 0 spiro atoms. The third kappa shape index (κ3) is 3.86. The second-order valence-corrected chi connectivity index (χ2v) is 9.94. The van der Waals surface area contributed by atoms with Gasteiger partial charge in [0.05, 0.1) is 18.2 Å². The molecule has 6 rings (SSSR count). The van der Waals surface area contributed by atoms with Crippen LogP contribution < -0.4 is 10.6 Å². The number of amides is 2. The number of carbonyl (C=O) groups excluding carboxylic acids is 2. The molecular formula is C25H27N5O2. The maximum atomic E-state index is 13.1. The molecule has 164 valence electrons. The molecule has 2 heterocycles. The van der Waals surface area contributed by atoms with E-state index in [2.05, 4.69) is 26.7 Å². The summed E-state index contributed by atoms with van der Waals surface area (Å²) in [5.41, 5.74) is 1.56. The van der Waals surface area contributed by atoms with E-state index in [9.17, 15) is 9.59 Å². The summed E-state index contributed by atoms with van der Waals surface area (Å²) in [5.74, 6) is 0.636. The molecule has 0 radical (unpaired) electrons. The van der Waals surface area contributed by atoms with Crippen molar-refractivity contribution in [3.63, 3.8) is 0 Å². The Hall–Kier alpha value is -3.27. The van der Waals surface area contributed by atoms with Gasteiger partial charge < -0.3 is 10.6 Å². The fourth-order valence-electron chi connectivity index (χ4n) is 6.62. The smallest absolute Gasteiger partial charge is 0.270 e. The molecule has 2 atom stereocenters. The van der Waals surface area contributed by atoms with Gasteiger partial charge in [-0.05, 0) is 81.5 Å². The van der Waals surface area contributed by atoms with Gasteiger partial charge in [-0.1, -0.05) is 12.1 Å². The van der Waals surface area contributed by atoms with Crippen molar-refractivity contribution in [2.75, 3.05) is 0 Å². The lowest BCUT2D eigenvalue weighted by Gasteiger charge is -2.62. The molecule has 2 aromatic heterocycles. The Morgan fingerprint density at radius 2 is 1.53 bits per heavy atom. The van der Waals surface area contributed by atoms with E-state index in [0.29, 0.717) is 28.9 Å². The average molecular weight is 430 g/mol. The summed E-state index contributed by atoms with van der Waals surface area (Å²) in [7, 11) is 0. The highest BCUT2D eigenvalue weighted by atomic mass is 16.2. The number of nitriles is 1. The fourth-order valence-corrected chi connectivity index (χ4v) is 6.62. The molecule has 4 aliphatic rings. The molecule has 7 nitrogen and oxygen atoms in total. The minimum absolute atomic E-state index is 0.136. The van der Waals surface area contributed by atoms with Crippen LogP contribution in [0.25, 0.3) is 0 Å². The Balaban J connectivity index is 1.36. The highest BCUT2D eigenvalue weighted by Crippen LogP contribution is 2.57. The zero-order valence-electron chi connectivity index (χ0n) is 18.2. The first kappa shape index (κ1) is 20.6. The fraction of sp³-hybridized carbons (Fsp3) is 0.480. The van der Waals surface area contributed by atoms with Gasteiger partial charge in [-0.2, -0.15) is 5.26 Å². The SMILES string of the molecule is Cc1cccc(C(=O)NC23CC4CC(C2)CC(NC(=O)c2cccc(CC#N)n2)(C4)C3)n1. The molecule has 2 amide bonds. The number of nitrogens with zero attached hydrogens (tertiary/aromatic N) is 3. The average Bonchev–Trinajstić information content (AvgIpc) is 2.72. The normalized spacial score (nSPS) is 29.9. The number of hydrogen-bond acceptors (Lipinski definition) is 5. The lowest BCUT2D eigenvalue weighted by atomic mass is 9.49. The van der Waals surface area contributed by atoms with Gasteiger partial charge in [0.25, 0.3) is 11.8 Å². The van der Waals surface area contributed by atoms with Crippen molar-refractivity contribution >= 4 is 11.8 Å². The minimum Gasteiger partial charge on any atom is -0.345 e. The molecular weight excluding hydrogens is 402 g/mol. The second-order valence-electron chi connectivity index (χ2n) is 9.94. The van der Waals surface area contributed by atoms with E-state index in [1.165, 1.54) is 0 Å². The van der Waals surface area contributed by atoms with Gasteiger partial charge in [0, 0.05) is 16.8 Å². The van der Waals surface area contributed by atoms with Crippen LogP contribution in [-0.4, -0.2) is 32.9 Å². The third-order valence-corrected chi connectivity index (χ3v) is 7.24. The monoisotopic (exact) mass is 429 g/mol. The van der Waals surface area contributed by atoms with Crippen molar-refractivity contribution < 1.29 is 9.59 Å². The van der Waals surface area contributed by atoms with Crippen molar-refractivity contribution in [3.8, 4) is 6.07 Å². The second kappa shape index (κ2) is 7.70. The molecule has 2 aromatic rings. The van der Waals surface area contributed by atoms with E-state index < -0.39 is 0 Å². The molecule has 4 bridgehead atoms. The first-order valence-corrected chi connectivity index (χ1v) is 11.3. The summed E-state index contributed by atoms with van der Waals surface area (Å²) < 4.78 is 0. The number of rotatable bonds is 5. The standard InChI is InChI=1S/C25H27N5O2/c1-16-4-2-6-20(27-16)22(31)29-24-11-17-10-18(12-24)14-25(13-17,15-24)30-23(32)21-7-3-5-19(28-21)8-9-26/h2-7,17-18H,8,10-15H2,1H3,(H,29,31)(H,30,32). The van der Waals surface area contributed by atoms with E-state index in [1.54, 1.807) is 24.3 Å². The molecule has 7 heteroatoms. The van der Waals surface area contributed by atoms with Crippen LogP contribution in [0.4, 0.5) is 0 Å². The third-order valence-electron chi connectivity index (χ3n) is 7.24. The summed E-state index contributed by atoms with van der Waals surface area (Å²) in [6.45, 7) is 1.88. The van der Waals surface area contributed by atoms with Gasteiger partial charge in [-0.3, -0.25) is 9.59 Å². The zero-order valence-corrected chi connectivity index (χ0v) is 18.2. The van der Waals surface area contributed by atoms with Gasteiger partial charge in [0.2, 0.25) is 0 Å². The van der Waals surface area contributed by atoms with Crippen LogP contribution in [0.1, 0.15) is 70.9 Å². The summed E-state index contributed by atoms with van der Waals surface area (Å²) in [5, 5.41) is 15.6. The first-order chi connectivity index (χ1) is 15.4. The van der Waals surface area contributed by atoms with E-state index >= 15 is 0 Å². The lowest BCUT2D eigenvalue weighted by Crippen LogP contribution is -2.70. The number of pyridine rings is 2. The predicted molar refractivity (Wildman–Crippen MR) is 118 cm³/mol. The van der Waals surface area contributed by atoms with Crippen molar-refractivity contribution in [3.05, 3.63) is 59.2 Å². The maximum absolute atomic E-state index is 13.1. The molecule has 4 fully saturated rings. The van der Waals surface area contributed by atoms with E-state index in [-0.39, 0.29) is 29.3 Å². The van der Waals surface area contributed by atoms with Gasteiger partial charge in [-0.15, -0.1) is 0 Å². The van der Waals surface area contributed by atoms with E-state index in [4.69, 9.17) is 5.26 Å². The summed E-state index contributed by atoms with van der Waals surface area (Å²) in [4.78, 5) is 34.9. The Morgan fingerprint density at radius 3 is 2.09 bits per heavy atom. The van der Waals surface area contributed by atoms with Gasteiger partial charge in [-0.25, -0.2) is 9.97 Å². The van der Waals surface area contributed by atoms with Crippen molar-refractivity contribution in [1.29, 1.82) is 5.26 Å². The number of hydrogen-bond donors (Lipinski definition) is 2. The predicted octanol–water partition coefficient (Wildman–Crippen LogP) is 3.10. The molecule has 0 saturated heterocycles. The minimum atomic E-state index is -0.332. The van der Waals surface area contributed by atoms with Crippen LogP contribution in [0.2, 0.25) is 0 Å². The van der Waals surface area contributed by atoms with Gasteiger partial charge in [0.1, 0.15) is 11.4 Å². The van der Waals surface area contributed by atoms with Crippen LogP contribution in [0.3, 0.4) is 0 Å². The first-order valence-electron chi connectivity index (χ1n) is 11.3. The summed E-state index contributed by atoms with van der Waals surface area (Å²) in [6.07, 6.45) is 5.85. The van der Waals surface area contributed by atoms with Crippen LogP contribution in [-0.2, 0) is 6.42 Å². The number of nitrogens with one attached hydrogen (secondary N) is 2. The number of aromatic nitrogens is 2. The molecule has 2 unspecified atom stereocenters. The topological polar surface area (TPSA) is 108 Å². The number of aryl methyl sites for hydroxylation is 1. The largest absolute Gasteiger partial charge is 0.345 e. The molecule has 4 aliphatic carbocycles. The highest BCUT2D eigenvalue weighted by molar-refractivity contribution is 5.93. The Labute approximate surface area is 187 Å². The lowest BCUT2D eigenvalue weighted by molar-refractivity contribution is -0.0449. The molecule has 0 aliphatic heterocycles. The van der Waals surface area contributed by atoms with Crippen LogP contribution in [0, 0.1) is 30.1 Å². The molecule has 4 saturated carbocycles. The Bertz CT molecular complexity index is 1110. The maximum Gasteiger partial charge on any atom is 0.270 e. The van der Waals surface area contributed by atoms with Crippen LogP contribution in [0.15, 0.2) is 36.4 Å². The summed E-state index contributed by atoms with van der Waals surface area (Å²) >= 11 is 0. The van der Waals surface area contributed by atoms with Crippen molar-refractivity contribution in [2.24, 2.45) is 11.8 Å².